The smallest absolute Gasteiger partial charge is 0.332 e. The van der Waals surface area contributed by atoms with Gasteiger partial charge in [0, 0.05) is 23.9 Å². The fourth-order valence-corrected chi connectivity index (χ4v) is 5.74. The standard InChI is InChI=1S/C31H24F2N6O5/c1-15-8-18(44-27-5-3-2-4-20(27)32)6-7-24(15)39-29(34)19(13-35-39)28(41)23-10-16-9-21(33)25(12-22(16)36-23)38-30(42)26-11-17(40)14-37(26)31(38)43/h2-10,12-13,17,26,36,40H,11,14,34H2,1H3/t17-,26+/m1/s1. The number of urea groups is 1. The lowest BCUT2D eigenvalue weighted by atomic mass is 10.1. The van der Waals surface area contributed by atoms with Crippen LogP contribution in [0.4, 0.5) is 25.1 Å². The van der Waals surface area contributed by atoms with Crippen molar-refractivity contribution in [2.24, 2.45) is 0 Å². The Morgan fingerprint density at radius 3 is 2.61 bits per heavy atom. The maximum Gasteiger partial charge on any atom is 0.332 e. The number of halogens is 2. The lowest BCUT2D eigenvalue weighted by molar-refractivity contribution is -0.119. The zero-order valence-corrected chi connectivity index (χ0v) is 23.1. The summed E-state index contributed by atoms with van der Waals surface area (Å²) in [5.74, 6) is -1.90. The van der Waals surface area contributed by atoms with Gasteiger partial charge in [-0.15, -0.1) is 0 Å². The third-order valence-electron chi connectivity index (χ3n) is 7.91. The number of nitrogen functional groups attached to an aromatic ring is 1. The Morgan fingerprint density at radius 2 is 1.86 bits per heavy atom. The Kier molecular flexibility index (Phi) is 6.21. The van der Waals surface area contributed by atoms with Crippen molar-refractivity contribution in [3.05, 3.63) is 95.3 Å². The van der Waals surface area contributed by atoms with Crippen molar-refractivity contribution in [1.29, 1.82) is 0 Å². The quantitative estimate of drug-likeness (QED) is 0.193. The maximum absolute atomic E-state index is 15.2. The predicted molar refractivity (Wildman–Crippen MR) is 155 cm³/mol. The van der Waals surface area contributed by atoms with E-state index in [9.17, 15) is 23.9 Å². The van der Waals surface area contributed by atoms with Crippen molar-refractivity contribution in [2.45, 2.75) is 25.5 Å². The summed E-state index contributed by atoms with van der Waals surface area (Å²) < 4.78 is 36.2. The van der Waals surface area contributed by atoms with Gasteiger partial charge in [-0.25, -0.2) is 23.2 Å². The summed E-state index contributed by atoms with van der Waals surface area (Å²) in [4.78, 5) is 44.2. The summed E-state index contributed by atoms with van der Waals surface area (Å²) >= 11 is 0. The fourth-order valence-electron chi connectivity index (χ4n) is 5.74. The molecular formula is C31H24F2N6O5. The molecule has 2 aliphatic heterocycles. The lowest BCUT2D eigenvalue weighted by Crippen LogP contribution is -2.35. The van der Waals surface area contributed by atoms with Crippen LogP contribution in [0.5, 0.6) is 11.5 Å². The van der Waals surface area contributed by atoms with Gasteiger partial charge in [0.1, 0.15) is 23.4 Å². The predicted octanol–water partition coefficient (Wildman–Crippen LogP) is 4.45. The first kappa shape index (κ1) is 27.3. The number of nitrogens with one attached hydrogen (secondary N) is 1. The number of rotatable bonds is 6. The minimum Gasteiger partial charge on any atom is -0.454 e. The molecule has 2 aromatic heterocycles. The SMILES string of the molecule is Cc1cc(Oc2ccccc2F)ccc1-n1ncc(C(=O)c2cc3cc(F)c(N4C(=O)[C@@H]5C[C@@H](O)CN5C4=O)cc3[nH]2)c1N. The van der Waals surface area contributed by atoms with E-state index in [0.29, 0.717) is 27.9 Å². The van der Waals surface area contributed by atoms with Crippen molar-refractivity contribution in [3.8, 4) is 17.2 Å². The number of ether oxygens (including phenoxy) is 1. The van der Waals surface area contributed by atoms with Gasteiger partial charge in [-0.05, 0) is 61.0 Å². The summed E-state index contributed by atoms with van der Waals surface area (Å²) in [6, 6.07) is 13.4. The lowest BCUT2D eigenvalue weighted by Gasteiger charge is -2.17. The van der Waals surface area contributed by atoms with Gasteiger partial charge in [0.25, 0.3) is 5.91 Å². The van der Waals surface area contributed by atoms with Crippen LogP contribution in [-0.2, 0) is 4.79 Å². The molecule has 3 amide bonds. The molecule has 13 heteroatoms. The molecule has 2 atom stereocenters. The van der Waals surface area contributed by atoms with Crippen LogP contribution in [0.1, 0.15) is 28.0 Å². The number of ketones is 1. The zero-order valence-electron chi connectivity index (χ0n) is 23.1. The number of aliphatic hydroxyl groups is 1. The van der Waals surface area contributed by atoms with Crippen LogP contribution >= 0.6 is 0 Å². The largest absolute Gasteiger partial charge is 0.454 e. The second-order valence-corrected chi connectivity index (χ2v) is 10.8. The number of aliphatic hydroxyl groups excluding tert-OH is 1. The van der Waals surface area contributed by atoms with Crippen LogP contribution in [0, 0.1) is 18.6 Å². The van der Waals surface area contributed by atoms with Gasteiger partial charge in [0.15, 0.2) is 11.6 Å². The molecule has 44 heavy (non-hydrogen) atoms. The Hall–Kier alpha value is -5.56. The highest BCUT2D eigenvalue weighted by atomic mass is 19.1. The molecule has 0 bridgehead atoms. The van der Waals surface area contributed by atoms with Crippen molar-refractivity contribution in [2.75, 3.05) is 17.2 Å². The molecule has 4 N–H and O–H groups in total. The Bertz CT molecular complexity index is 2000. The number of H-pyrrole nitrogens is 1. The van der Waals surface area contributed by atoms with Crippen LogP contribution < -0.4 is 15.4 Å². The molecule has 0 unspecified atom stereocenters. The summed E-state index contributed by atoms with van der Waals surface area (Å²) in [5, 5.41) is 14.5. The van der Waals surface area contributed by atoms with Crippen LogP contribution in [0.25, 0.3) is 16.6 Å². The van der Waals surface area contributed by atoms with E-state index in [2.05, 4.69) is 10.1 Å². The first-order valence-corrected chi connectivity index (χ1v) is 13.7. The summed E-state index contributed by atoms with van der Waals surface area (Å²) in [6.45, 7) is 1.79. The van der Waals surface area contributed by atoms with Crippen LogP contribution in [0.3, 0.4) is 0 Å². The van der Waals surface area contributed by atoms with Crippen molar-refractivity contribution in [1.82, 2.24) is 19.7 Å². The highest BCUT2D eigenvalue weighted by Crippen LogP contribution is 2.35. The van der Waals surface area contributed by atoms with Gasteiger partial charge in [0.05, 0.1) is 34.9 Å². The van der Waals surface area contributed by atoms with Crippen molar-refractivity contribution < 1.29 is 33.0 Å². The maximum atomic E-state index is 15.2. The molecule has 2 saturated heterocycles. The van der Waals surface area contributed by atoms with E-state index in [1.165, 1.54) is 40.0 Å². The third-order valence-corrected chi connectivity index (χ3v) is 7.91. The summed E-state index contributed by atoms with van der Waals surface area (Å²) in [5.41, 5.74) is 7.88. The number of benzene rings is 3. The van der Waals surface area contributed by atoms with E-state index in [4.69, 9.17) is 10.5 Å². The van der Waals surface area contributed by atoms with Gasteiger partial charge in [-0.2, -0.15) is 5.10 Å². The number of fused-ring (bicyclic) bond motifs is 2. The first-order chi connectivity index (χ1) is 21.1. The number of aromatic nitrogens is 3. The number of hydrogen-bond donors (Lipinski definition) is 3. The van der Waals surface area contributed by atoms with Gasteiger partial charge in [-0.1, -0.05) is 12.1 Å². The van der Waals surface area contributed by atoms with Crippen LogP contribution in [0.15, 0.2) is 66.9 Å². The second-order valence-electron chi connectivity index (χ2n) is 10.8. The second kappa shape index (κ2) is 10.0. The molecule has 0 saturated carbocycles. The average molecular weight is 599 g/mol. The monoisotopic (exact) mass is 598 g/mol. The van der Waals surface area contributed by atoms with Gasteiger partial charge in [0.2, 0.25) is 5.78 Å². The number of aromatic amines is 1. The average Bonchev–Trinajstić information content (AvgIpc) is 3.74. The molecular weight excluding hydrogens is 574 g/mol. The molecule has 5 aromatic rings. The number of para-hydroxylation sites is 1. The van der Waals surface area contributed by atoms with E-state index in [1.54, 1.807) is 37.3 Å². The number of imide groups is 1. The molecule has 11 nitrogen and oxygen atoms in total. The highest BCUT2D eigenvalue weighted by Gasteiger charge is 2.51. The number of anilines is 2. The molecule has 3 aromatic carbocycles. The molecule has 0 aliphatic carbocycles. The van der Waals surface area contributed by atoms with Gasteiger partial charge >= 0.3 is 6.03 Å². The Labute approximate surface area is 248 Å². The molecule has 0 radical (unpaired) electrons. The molecule has 222 valence electrons. The first-order valence-electron chi connectivity index (χ1n) is 13.7. The number of nitrogens with zero attached hydrogens (tertiary/aromatic N) is 4. The van der Waals surface area contributed by atoms with E-state index in [0.717, 1.165) is 11.0 Å². The molecule has 4 heterocycles. The number of aryl methyl sites for hydroxylation is 1. The van der Waals surface area contributed by atoms with E-state index in [-0.39, 0.29) is 41.5 Å². The molecule has 2 aliphatic rings. The van der Waals surface area contributed by atoms with Crippen molar-refractivity contribution >= 4 is 40.1 Å². The highest BCUT2D eigenvalue weighted by molar-refractivity contribution is 6.22. The number of nitrogens with two attached hydrogens (primary N) is 1. The fraction of sp³-hybridized carbons (Fsp3) is 0.161. The number of hydrogen-bond acceptors (Lipinski definition) is 7. The molecule has 0 spiro atoms. The molecule has 7 rings (SSSR count). The normalized spacial score (nSPS) is 18.0. The zero-order chi connectivity index (χ0) is 30.9. The van der Waals surface area contributed by atoms with E-state index in [1.807, 2.05) is 0 Å². The summed E-state index contributed by atoms with van der Waals surface area (Å²) in [6.07, 6.45) is 0.604. The van der Waals surface area contributed by atoms with Crippen LogP contribution in [-0.4, -0.2) is 61.2 Å². The number of carbonyl (C=O) groups excluding carboxylic acids is 3. The number of amides is 3. The van der Waals surface area contributed by atoms with Gasteiger partial charge < -0.3 is 25.5 Å². The third kappa shape index (κ3) is 4.28. The molecule has 2 fully saturated rings. The Balaban J connectivity index is 1.16. The van der Waals surface area contributed by atoms with E-state index < -0.39 is 41.5 Å². The van der Waals surface area contributed by atoms with Crippen molar-refractivity contribution in [3.63, 3.8) is 0 Å². The topological polar surface area (TPSA) is 147 Å². The minimum atomic E-state index is -0.841. The minimum absolute atomic E-state index is 0.00300. The summed E-state index contributed by atoms with van der Waals surface area (Å²) in [7, 11) is 0. The van der Waals surface area contributed by atoms with Gasteiger partial charge in [-0.3, -0.25) is 9.59 Å². The van der Waals surface area contributed by atoms with E-state index >= 15 is 4.39 Å². The van der Waals surface area contributed by atoms with Crippen LogP contribution in [0.2, 0.25) is 0 Å². The number of carbonyl (C=O) groups is 3. The Morgan fingerprint density at radius 1 is 1.07 bits per heavy atom.